The minimum atomic E-state index is -0.371. The number of anilines is 1. The number of thiophene rings is 1. The van der Waals surface area contributed by atoms with Crippen molar-refractivity contribution in [1.82, 2.24) is 9.97 Å². The average Bonchev–Trinajstić information content (AvgIpc) is 3.15. The molecule has 2 heterocycles. The van der Waals surface area contributed by atoms with E-state index in [0.717, 1.165) is 28.1 Å². The summed E-state index contributed by atoms with van der Waals surface area (Å²) in [5, 5.41) is 4.37. The number of fused-ring (bicyclic) bond motifs is 3. The number of benzene rings is 1. The van der Waals surface area contributed by atoms with Crippen molar-refractivity contribution in [2.75, 3.05) is 5.32 Å². The molecule has 7 heteroatoms. The SMILES string of the molecule is C[C@H](Sc1ncnc2sc3c(c12)CCC3)C(=O)Nc1cccc(F)c1. The van der Waals surface area contributed by atoms with Gasteiger partial charge in [-0.2, -0.15) is 0 Å². The molecular formula is C18H16FN3OS2. The molecule has 2 aromatic heterocycles. The molecule has 128 valence electrons. The number of nitrogens with one attached hydrogen (secondary N) is 1. The monoisotopic (exact) mass is 373 g/mol. The molecule has 0 spiro atoms. The van der Waals surface area contributed by atoms with E-state index in [2.05, 4.69) is 15.3 Å². The lowest BCUT2D eigenvalue weighted by Gasteiger charge is -2.12. The van der Waals surface area contributed by atoms with Gasteiger partial charge in [0.2, 0.25) is 5.91 Å². The van der Waals surface area contributed by atoms with Gasteiger partial charge < -0.3 is 5.32 Å². The highest BCUT2D eigenvalue weighted by Crippen LogP contribution is 2.40. The van der Waals surface area contributed by atoms with Crippen LogP contribution in [0.3, 0.4) is 0 Å². The lowest BCUT2D eigenvalue weighted by Crippen LogP contribution is -2.22. The van der Waals surface area contributed by atoms with Crippen LogP contribution in [0.15, 0.2) is 35.6 Å². The van der Waals surface area contributed by atoms with Crippen LogP contribution < -0.4 is 5.32 Å². The van der Waals surface area contributed by atoms with E-state index in [4.69, 9.17) is 0 Å². The van der Waals surface area contributed by atoms with Crippen molar-refractivity contribution in [2.24, 2.45) is 0 Å². The Morgan fingerprint density at radius 1 is 1.36 bits per heavy atom. The van der Waals surface area contributed by atoms with Gasteiger partial charge in [0.05, 0.1) is 5.25 Å². The Labute approximate surface area is 152 Å². The van der Waals surface area contributed by atoms with E-state index in [1.165, 1.54) is 40.8 Å². The van der Waals surface area contributed by atoms with E-state index < -0.39 is 0 Å². The number of amides is 1. The van der Waals surface area contributed by atoms with Crippen LogP contribution >= 0.6 is 23.1 Å². The fourth-order valence-electron chi connectivity index (χ4n) is 3.02. The van der Waals surface area contributed by atoms with Crippen LogP contribution in [0.5, 0.6) is 0 Å². The second-order valence-electron chi connectivity index (χ2n) is 5.98. The molecule has 0 unspecified atom stereocenters. The number of aryl methyl sites for hydroxylation is 2. The molecule has 0 saturated heterocycles. The summed E-state index contributed by atoms with van der Waals surface area (Å²) in [4.78, 5) is 23.6. The zero-order chi connectivity index (χ0) is 17.4. The molecule has 3 aromatic rings. The highest BCUT2D eigenvalue weighted by atomic mass is 32.2. The Bertz CT molecular complexity index is 957. The molecule has 1 atom stereocenters. The summed E-state index contributed by atoms with van der Waals surface area (Å²) in [6.07, 6.45) is 4.90. The van der Waals surface area contributed by atoms with Gasteiger partial charge in [0.25, 0.3) is 0 Å². The number of nitrogens with zero attached hydrogens (tertiary/aromatic N) is 2. The number of carbonyl (C=O) groups excluding carboxylic acids is 1. The number of rotatable bonds is 4. The van der Waals surface area contributed by atoms with Gasteiger partial charge in [-0.3, -0.25) is 4.79 Å². The first-order valence-electron chi connectivity index (χ1n) is 8.10. The van der Waals surface area contributed by atoms with E-state index in [1.54, 1.807) is 29.8 Å². The maximum absolute atomic E-state index is 13.3. The molecule has 4 nitrogen and oxygen atoms in total. The third-order valence-electron chi connectivity index (χ3n) is 4.22. The van der Waals surface area contributed by atoms with Gasteiger partial charge in [0.1, 0.15) is 22.0 Å². The maximum Gasteiger partial charge on any atom is 0.237 e. The molecule has 1 aliphatic rings. The van der Waals surface area contributed by atoms with Gasteiger partial charge in [0, 0.05) is 16.0 Å². The van der Waals surface area contributed by atoms with E-state index in [0.29, 0.717) is 5.69 Å². The summed E-state index contributed by atoms with van der Waals surface area (Å²) in [6.45, 7) is 1.83. The molecule has 0 radical (unpaired) electrons. The Morgan fingerprint density at radius 2 is 2.24 bits per heavy atom. The normalized spacial score (nSPS) is 14.5. The average molecular weight is 373 g/mol. The Morgan fingerprint density at radius 3 is 3.08 bits per heavy atom. The summed E-state index contributed by atoms with van der Waals surface area (Å²) >= 11 is 3.16. The molecule has 4 rings (SSSR count). The number of halogens is 1. The smallest absolute Gasteiger partial charge is 0.237 e. The van der Waals surface area contributed by atoms with Crippen molar-refractivity contribution < 1.29 is 9.18 Å². The van der Waals surface area contributed by atoms with Crippen LogP contribution in [0.2, 0.25) is 0 Å². The lowest BCUT2D eigenvalue weighted by molar-refractivity contribution is -0.115. The molecular weight excluding hydrogens is 357 g/mol. The van der Waals surface area contributed by atoms with Crippen LogP contribution in [-0.4, -0.2) is 21.1 Å². The summed E-state index contributed by atoms with van der Waals surface area (Å²) in [6, 6.07) is 5.91. The molecule has 1 aliphatic carbocycles. The topological polar surface area (TPSA) is 54.9 Å². The Hall–Kier alpha value is -1.99. The zero-order valence-corrected chi connectivity index (χ0v) is 15.2. The van der Waals surface area contributed by atoms with Crippen molar-refractivity contribution in [3.63, 3.8) is 0 Å². The zero-order valence-electron chi connectivity index (χ0n) is 13.6. The van der Waals surface area contributed by atoms with Crippen LogP contribution in [0.1, 0.15) is 23.8 Å². The van der Waals surface area contributed by atoms with Crippen LogP contribution in [0, 0.1) is 5.82 Å². The van der Waals surface area contributed by atoms with E-state index >= 15 is 0 Å². The van der Waals surface area contributed by atoms with Crippen molar-refractivity contribution in [2.45, 2.75) is 36.5 Å². The number of carbonyl (C=O) groups is 1. The van der Waals surface area contributed by atoms with E-state index in [1.807, 2.05) is 6.92 Å². The highest BCUT2D eigenvalue weighted by Gasteiger charge is 2.23. The quantitative estimate of drug-likeness (QED) is 0.543. The third-order valence-corrected chi connectivity index (χ3v) is 6.52. The maximum atomic E-state index is 13.3. The molecule has 1 aromatic carbocycles. The number of hydrogen-bond donors (Lipinski definition) is 1. The molecule has 0 aliphatic heterocycles. The Balaban J connectivity index is 1.55. The fraction of sp³-hybridized carbons (Fsp3) is 0.278. The standard InChI is InChI=1S/C18H16FN3OS2/c1-10(16(23)22-12-5-2-4-11(19)8-12)24-17-15-13-6-3-7-14(13)25-18(15)21-9-20-17/h2,4-5,8-10H,3,6-7H2,1H3,(H,22,23)/t10-/m0/s1. The van der Waals surface area contributed by atoms with Gasteiger partial charge in [-0.25, -0.2) is 14.4 Å². The van der Waals surface area contributed by atoms with E-state index in [9.17, 15) is 9.18 Å². The predicted molar refractivity (Wildman–Crippen MR) is 99.8 cm³/mol. The first kappa shape index (κ1) is 16.5. The Kier molecular flexibility index (Phi) is 4.43. The molecule has 0 saturated carbocycles. The summed E-state index contributed by atoms with van der Waals surface area (Å²) in [5.41, 5.74) is 1.81. The van der Waals surface area contributed by atoms with Gasteiger partial charge >= 0.3 is 0 Å². The van der Waals surface area contributed by atoms with Gasteiger partial charge in [-0.15, -0.1) is 11.3 Å². The van der Waals surface area contributed by atoms with Crippen molar-refractivity contribution in [3.8, 4) is 0 Å². The molecule has 0 bridgehead atoms. The van der Waals surface area contributed by atoms with Gasteiger partial charge in [-0.1, -0.05) is 17.8 Å². The van der Waals surface area contributed by atoms with Crippen LogP contribution in [0.4, 0.5) is 10.1 Å². The minimum Gasteiger partial charge on any atom is -0.325 e. The first-order chi connectivity index (χ1) is 12.1. The van der Waals surface area contributed by atoms with Gasteiger partial charge in [0.15, 0.2) is 0 Å². The molecule has 1 N–H and O–H groups in total. The molecule has 25 heavy (non-hydrogen) atoms. The largest absolute Gasteiger partial charge is 0.325 e. The second kappa shape index (κ2) is 6.72. The van der Waals surface area contributed by atoms with Crippen LogP contribution in [-0.2, 0) is 17.6 Å². The summed E-state index contributed by atoms with van der Waals surface area (Å²) in [5.74, 6) is -0.543. The van der Waals surface area contributed by atoms with Crippen molar-refractivity contribution in [1.29, 1.82) is 0 Å². The number of aromatic nitrogens is 2. The van der Waals surface area contributed by atoms with Crippen molar-refractivity contribution in [3.05, 3.63) is 46.9 Å². The third kappa shape index (κ3) is 3.26. The van der Waals surface area contributed by atoms with Crippen molar-refractivity contribution >= 4 is 44.9 Å². The molecule has 1 amide bonds. The van der Waals surface area contributed by atoms with Gasteiger partial charge in [-0.05, 0) is 49.9 Å². The van der Waals surface area contributed by atoms with Crippen LogP contribution in [0.25, 0.3) is 10.2 Å². The number of hydrogen-bond acceptors (Lipinski definition) is 5. The number of thioether (sulfide) groups is 1. The first-order valence-corrected chi connectivity index (χ1v) is 9.80. The highest BCUT2D eigenvalue weighted by molar-refractivity contribution is 8.00. The predicted octanol–water partition coefficient (Wildman–Crippen LogP) is 4.44. The summed E-state index contributed by atoms with van der Waals surface area (Å²) in [7, 11) is 0. The molecule has 0 fully saturated rings. The summed E-state index contributed by atoms with van der Waals surface area (Å²) < 4.78 is 13.3. The van der Waals surface area contributed by atoms with E-state index in [-0.39, 0.29) is 17.0 Å². The second-order valence-corrected chi connectivity index (χ2v) is 8.39. The fourth-order valence-corrected chi connectivity index (χ4v) is 5.26. The minimum absolute atomic E-state index is 0.172. The lowest BCUT2D eigenvalue weighted by atomic mass is 10.2.